The molecule has 0 fully saturated rings. The molecule has 0 aliphatic heterocycles. The van der Waals surface area contributed by atoms with Crippen LogP contribution < -0.4 is 5.32 Å². The van der Waals surface area contributed by atoms with Crippen LogP contribution in [0.2, 0.25) is 0 Å². The summed E-state index contributed by atoms with van der Waals surface area (Å²) in [6, 6.07) is 25.9. The molecule has 0 aliphatic rings. The topological polar surface area (TPSA) is 121 Å². The zero-order chi connectivity index (χ0) is 26.1. The molecule has 0 spiro atoms. The zero-order valence-electron chi connectivity index (χ0n) is 20.1. The Balaban J connectivity index is 1.31. The van der Waals surface area contributed by atoms with Gasteiger partial charge in [-0.05, 0) is 35.9 Å². The first-order chi connectivity index (χ1) is 18.6. The van der Waals surface area contributed by atoms with Crippen molar-refractivity contribution in [3.63, 3.8) is 0 Å². The smallest absolute Gasteiger partial charge is 0.251 e. The number of aldehydes is 1. The minimum Gasteiger partial charge on any atom is -0.507 e. The van der Waals surface area contributed by atoms with Gasteiger partial charge in [-0.2, -0.15) is 0 Å². The summed E-state index contributed by atoms with van der Waals surface area (Å²) >= 11 is 0. The fourth-order valence-electron chi connectivity index (χ4n) is 4.37. The van der Waals surface area contributed by atoms with Crippen LogP contribution in [0.3, 0.4) is 0 Å². The van der Waals surface area contributed by atoms with Gasteiger partial charge in [0.2, 0.25) is 0 Å². The zero-order valence-corrected chi connectivity index (χ0v) is 20.1. The number of nitrogens with zero attached hydrogens (tertiary/aromatic N) is 3. The monoisotopic (exact) mass is 499 g/mol. The van der Waals surface area contributed by atoms with E-state index in [2.05, 4.69) is 20.3 Å². The highest BCUT2D eigenvalue weighted by Gasteiger charge is 2.14. The number of rotatable bonds is 6. The predicted molar refractivity (Wildman–Crippen MR) is 145 cm³/mol. The second-order valence-electron chi connectivity index (χ2n) is 8.83. The average molecular weight is 500 g/mol. The van der Waals surface area contributed by atoms with E-state index in [1.165, 1.54) is 18.2 Å². The summed E-state index contributed by atoms with van der Waals surface area (Å²) in [5.41, 5.74) is 8.13. The first-order valence-corrected chi connectivity index (χ1v) is 11.9. The summed E-state index contributed by atoms with van der Waals surface area (Å²) < 4.78 is 0. The van der Waals surface area contributed by atoms with Crippen LogP contribution in [0.1, 0.15) is 26.3 Å². The Hall–Kier alpha value is -5.37. The van der Waals surface area contributed by atoms with Crippen molar-refractivity contribution >= 4 is 34.3 Å². The van der Waals surface area contributed by atoms with Crippen molar-refractivity contribution in [1.29, 1.82) is 0 Å². The lowest BCUT2D eigenvalue weighted by Crippen LogP contribution is -2.22. The molecule has 0 radical (unpaired) electrons. The van der Waals surface area contributed by atoms with Crippen molar-refractivity contribution in [2.24, 2.45) is 0 Å². The number of hydrogen-bond acceptors (Lipinski definition) is 6. The molecule has 1 amide bonds. The van der Waals surface area contributed by atoms with Crippen LogP contribution in [-0.4, -0.2) is 37.2 Å². The van der Waals surface area contributed by atoms with Gasteiger partial charge in [-0.15, -0.1) is 0 Å². The van der Waals surface area contributed by atoms with Crippen molar-refractivity contribution in [3.05, 3.63) is 108 Å². The van der Waals surface area contributed by atoms with Gasteiger partial charge in [0, 0.05) is 23.2 Å². The molecule has 2 aromatic heterocycles. The maximum absolute atomic E-state index is 12.6. The fraction of sp³-hybridized carbons (Fsp3) is 0.0333. The number of H-pyrrole nitrogens is 1. The molecule has 0 unspecified atom stereocenters. The number of aromatic nitrogens is 4. The Kier molecular flexibility index (Phi) is 5.82. The number of phenolic OH excluding ortho intramolecular Hbond substituents is 1. The Morgan fingerprint density at radius 2 is 1.63 bits per heavy atom. The highest BCUT2D eigenvalue weighted by atomic mass is 16.3. The molecule has 0 saturated carbocycles. The van der Waals surface area contributed by atoms with Crippen LogP contribution in [0.4, 0.5) is 0 Å². The molecule has 2 heterocycles. The van der Waals surface area contributed by atoms with Gasteiger partial charge in [-0.3, -0.25) is 9.59 Å². The summed E-state index contributed by atoms with van der Waals surface area (Å²) in [7, 11) is 0. The van der Waals surface area contributed by atoms with E-state index in [1.54, 1.807) is 6.33 Å². The number of benzene rings is 4. The summed E-state index contributed by atoms with van der Waals surface area (Å²) in [5.74, 6) is -0.494. The lowest BCUT2D eigenvalue weighted by atomic mass is 10.0. The minimum absolute atomic E-state index is 0.0719. The van der Waals surface area contributed by atoms with E-state index in [-0.39, 0.29) is 17.2 Å². The molecular formula is C30H21N5O3. The molecule has 0 saturated heterocycles. The normalized spacial score (nSPS) is 11.1. The van der Waals surface area contributed by atoms with Crippen LogP contribution >= 0.6 is 0 Å². The maximum Gasteiger partial charge on any atom is 0.251 e. The molecule has 8 heteroatoms. The van der Waals surface area contributed by atoms with E-state index in [4.69, 9.17) is 4.98 Å². The third-order valence-electron chi connectivity index (χ3n) is 6.37. The third kappa shape index (κ3) is 4.35. The van der Waals surface area contributed by atoms with Crippen LogP contribution in [0.5, 0.6) is 5.75 Å². The number of carbonyl (C=O) groups is 2. The molecule has 38 heavy (non-hydrogen) atoms. The molecule has 0 atom stereocenters. The summed E-state index contributed by atoms with van der Waals surface area (Å²) in [5, 5.41) is 12.5. The van der Waals surface area contributed by atoms with Crippen molar-refractivity contribution < 1.29 is 14.7 Å². The van der Waals surface area contributed by atoms with E-state index in [0.717, 1.165) is 50.1 Å². The molecule has 0 aliphatic carbocycles. The number of nitrogens with one attached hydrogen (secondary N) is 2. The van der Waals surface area contributed by atoms with Crippen LogP contribution in [0.15, 0.2) is 91.3 Å². The second-order valence-corrected chi connectivity index (χ2v) is 8.83. The number of imidazole rings is 1. The van der Waals surface area contributed by atoms with E-state index in [9.17, 15) is 14.7 Å². The first kappa shape index (κ1) is 23.1. The van der Waals surface area contributed by atoms with Crippen LogP contribution in [-0.2, 0) is 6.54 Å². The number of hydrogen-bond donors (Lipinski definition) is 3. The van der Waals surface area contributed by atoms with Crippen LogP contribution in [0, 0.1) is 0 Å². The van der Waals surface area contributed by atoms with Gasteiger partial charge in [-0.25, -0.2) is 15.0 Å². The second kappa shape index (κ2) is 9.59. The molecule has 8 nitrogen and oxygen atoms in total. The summed E-state index contributed by atoms with van der Waals surface area (Å²) in [4.78, 5) is 40.8. The van der Waals surface area contributed by atoms with Crippen LogP contribution in [0.25, 0.3) is 44.6 Å². The van der Waals surface area contributed by atoms with Crippen molar-refractivity contribution in [1.82, 2.24) is 25.3 Å². The quantitative estimate of drug-likeness (QED) is 0.268. The Labute approximate surface area is 217 Å². The average Bonchev–Trinajstić information content (AvgIpc) is 3.42. The van der Waals surface area contributed by atoms with Crippen molar-refractivity contribution in [2.75, 3.05) is 0 Å². The lowest BCUT2D eigenvalue weighted by Gasteiger charge is -2.13. The fourth-order valence-corrected chi connectivity index (χ4v) is 4.37. The van der Waals surface area contributed by atoms with Gasteiger partial charge < -0.3 is 15.4 Å². The Morgan fingerprint density at radius 3 is 2.39 bits per heavy atom. The Morgan fingerprint density at radius 1 is 0.868 bits per heavy atom. The Bertz CT molecular complexity index is 1810. The number of phenols is 1. The standard InChI is InChI=1S/C30H21N5O3/c36-16-22-12-21(10-11-27(22)37)30(38)31-15-18-6-8-20(9-7-18)29-28(19-4-2-1-3-5-19)34-25-13-23-24(33-17-32-23)14-26(25)35-29/h1-14,16-17,35,37H,15H2,(H,31,38). The maximum atomic E-state index is 12.6. The van der Waals surface area contributed by atoms with E-state index < -0.39 is 0 Å². The highest BCUT2D eigenvalue weighted by molar-refractivity contribution is 5.96. The molecule has 6 aromatic rings. The summed E-state index contributed by atoms with van der Waals surface area (Å²) in [6.07, 6.45) is 2.06. The molecule has 6 rings (SSSR count). The van der Waals surface area contributed by atoms with Gasteiger partial charge in [-0.1, -0.05) is 54.6 Å². The van der Waals surface area contributed by atoms with E-state index in [1.807, 2.05) is 66.7 Å². The number of carbonyl (C=O) groups excluding carboxylic acids is 2. The number of fused-ring (bicyclic) bond motifs is 2. The molecule has 184 valence electrons. The SMILES string of the molecule is O=Cc1cc(C(=O)NCc2ccc(-c3[nH]c4cc5ncnc5cc4nc3-c3ccccc3)cc2)ccc1O. The molecule has 3 N–H and O–H groups in total. The number of amides is 1. The largest absolute Gasteiger partial charge is 0.507 e. The first-order valence-electron chi connectivity index (χ1n) is 11.9. The lowest BCUT2D eigenvalue weighted by molar-refractivity contribution is 0.0951. The number of aromatic amines is 1. The summed E-state index contributed by atoms with van der Waals surface area (Å²) in [6.45, 7) is 0.301. The van der Waals surface area contributed by atoms with Crippen molar-refractivity contribution in [2.45, 2.75) is 6.54 Å². The van der Waals surface area contributed by atoms with Gasteiger partial charge in [0.1, 0.15) is 12.1 Å². The molecule has 4 aromatic carbocycles. The van der Waals surface area contributed by atoms with Gasteiger partial charge in [0.05, 0.1) is 39.0 Å². The molecular weight excluding hydrogens is 478 g/mol. The van der Waals surface area contributed by atoms with Gasteiger partial charge in [0.15, 0.2) is 6.29 Å². The van der Waals surface area contributed by atoms with Crippen molar-refractivity contribution in [3.8, 4) is 28.3 Å². The number of aromatic hydroxyl groups is 1. The predicted octanol–water partition coefficient (Wildman–Crippen LogP) is 5.29. The molecule has 0 bridgehead atoms. The van der Waals surface area contributed by atoms with Gasteiger partial charge >= 0.3 is 0 Å². The minimum atomic E-state index is -0.336. The van der Waals surface area contributed by atoms with E-state index in [0.29, 0.717) is 18.4 Å². The van der Waals surface area contributed by atoms with Gasteiger partial charge in [0.25, 0.3) is 5.91 Å². The van der Waals surface area contributed by atoms with E-state index >= 15 is 0 Å². The highest BCUT2D eigenvalue weighted by Crippen LogP contribution is 2.32. The third-order valence-corrected chi connectivity index (χ3v) is 6.37.